The molecule has 0 saturated carbocycles. The molecule has 0 aliphatic heterocycles. The van der Waals surface area contributed by atoms with E-state index in [0.717, 1.165) is 53.7 Å². The number of nitrogens with zero attached hydrogens (tertiary/aromatic N) is 4. The Hall–Kier alpha value is -3.98. The zero-order chi connectivity index (χ0) is 26.9. The molecular formula is C25H22F3N5O3S. The fourth-order valence-corrected chi connectivity index (χ4v) is 5.95. The second kappa shape index (κ2) is 10.2. The van der Waals surface area contributed by atoms with Gasteiger partial charge in [0.1, 0.15) is 11.1 Å². The first-order chi connectivity index (χ1) is 17.5. The molecule has 0 saturated heterocycles. The lowest BCUT2D eigenvalue weighted by Gasteiger charge is -2.10. The van der Waals surface area contributed by atoms with Crippen LogP contribution in [-0.4, -0.2) is 21.6 Å². The first-order valence-electron chi connectivity index (χ1n) is 11.4. The molecule has 12 heteroatoms. The van der Waals surface area contributed by atoms with Crippen molar-refractivity contribution in [1.82, 2.24) is 9.99 Å². The molecule has 8 nitrogen and oxygen atoms in total. The van der Waals surface area contributed by atoms with Crippen molar-refractivity contribution < 1.29 is 22.9 Å². The summed E-state index contributed by atoms with van der Waals surface area (Å²) in [5.74, 6) is -0.717. The summed E-state index contributed by atoms with van der Waals surface area (Å²) in [6.07, 6.45) is 0.202. The molecule has 3 aromatic rings. The summed E-state index contributed by atoms with van der Waals surface area (Å²) in [7, 11) is 0. The predicted octanol–water partition coefficient (Wildman–Crippen LogP) is 5.53. The Morgan fingerprint density at radius 1 is 1.30 bits per heavy atom. The minimum absolute atomic E-state index is 0.158. The average molecular weight is 530 g/mol. The second-order valence-corrected chi connectivity index (χ2v) is 9.82. The van der Waals surface area contributed by atoms with Crippen molar-refractivity contribution >= 4 is 29.1 Å². The molecule has 1 aliphatic carbocycles. The zero-order valence-corrected chi connectivity index (χ0v) is 20.8. The van der Waals surface area contributed by atoms with E-state index in [4.69, 9.17) is 0 Å². The third kappa shape index (κ3) is 5.27. The van der Waals surface area contributed by atoms with Gasteiger partial charge in [-0.3, -0.25) is 14.9 Å². The van der Waals surface area contributed by atoms with Crippen molar-refractivity contribution in [2.75, 3.05) is 0 Å². The Bertz CT molecular complexity index is 1460. The van der Waals surface area contributed by atoms with Gasteiger partial charge in [-0.15, -0.1) is 11.3 Å². The minimum Gasteiger partial charge on any atom is -0.308 e. The Morgan fingerprint density at radius 2 is 2.03 bits per heavy atom. The molecule has 1 amide bonds. The van der Waals surface area contributed by atoms with Gasteiger partial charge < -0.3 is 4.57 Å². The molecule has 0 bridgehead atoms. The van der Waals surface area contributed by atoms with Crippen molar-refractivity contribution in [2.24, 2.45) is 5.10 Å². The van der Waals surface area contributed by atoms with Crippen LogP contribution in [0.2, 0.25) is 0 Å². The van der Waals surface area contributed by atoms with Crippen LogP contribution in [0.5, 0.6) is 0 Å². The number of hydrogen-bond acceptors (Lipinski definition) is 6. The number of benzene rings is 1. The number of nitriles is 1. The Balaban J connectivity index is 1.52. The highest BCUT2D eigenvalue weighted by Crippen LogP contribution is 2.38. The summed E-state index contributed by atoms with van der Waals surface area (Å²) in [4.78, 5) is 23.9. The van der Waals surface area contributed by atoms with Gasteiger partial charge in [0.15, 0.2) is 0 Å². The summed E-state index contributed by atoms with van der Waals surface area (Å²) < 4.78 is 40.7. The zero-order valence-electron chi connectivity index (χ0n) is 20.0. The van der Waals surface area contributed by atoms with Crippen molar-refractivity contribution in [3.8, 4) is 11.1 Å². The summed E-state index contributed by atoms with van der Waals surface area (Å²) in [6.45, 7) is 3.79. The number of nitro benzene ring substituents is 1. The number of aryl methyl sites for hydroxylation is 2. The van der Waals surface area contributed by atoms with Gasteiger partial charge in [0.05, 0.1) is 28.7 Å². The third-order valence-electron chi connectivity index (χ3n) is 6.29. The highest BCUT2D eigenvalue weighted by Gasteiger charge is 2.33. The van der Waals surface area contributed by atoms with Crippen LogP contribution in [0.4, 0.5) is 18.9 Å². The number of aromatic nitrogens is 1. The number of carbonyl (C=O) groups excluding carboxylic acids is 1. The number of alkyl halides is 3. The van der Waals surface area contributed by atoms with Crippen molar-refractivity contribution in [3.05, 3.63) is 78.5 Å². The van der Waals surface area contributed by atoms with Crippen molar-refractivity contribution in [3.63, 3.8) is 0 Å². The first-order valence-corrected chi connectivity index (χ1v) is 12.2. The standard InChI is InChI=1S/C25H22F3N5O3S/c1-14-9-17(15(2)32(14)24-20(12-29)19-5-3-4-6-22(19)37-24)13-30-31-23(34)10-16-7-8-18(25(26,27)28)11-21(16)33(35)36/h7-9,11,13H,3-6,10H2,1-2H3,(H,31,34)/b30-13+. The van der Waals surface area contributed by atoms with Gasteiger partial charge in [0.2, 0.25) is 5.91 Å². The highest BCUT2D eigenvalue weighted by atomic mass is 32.1. The summed E-state index contributed by atoms with van der Waals surface area (Å²) in [5.41, 5.74) is 4.40. The Labute approximate surface area is 214 Å². The van der Waals surface area contributed by atoms with E-state index in [0.29, 0.717) is 23.3 Å². The van der Waals surface area contributed by atoms with Gasteiger partial charge in [-0.1, -0.05) is 6.07 Å². The molecule has 0 unspecified atom stereocenters. The van der Waals surface area contributed by atoms with Crippen LogP contribution in [-0.2, 0) is 30.2 Å². The first kappa shape index (κ1) is 26.1. The topological polar surface area (TPSA) is 113 Å². The third-order valence-corrected chi connectivity index (χ3v) is 7.57. The van der Waals surface area contributed by atoms with E-state index in [2.05, 4.69) is 16.6 Å². The molecule has 0 fully saturated rings. The Morgan fingerprint density at radius 3 is 2.70 bits per heavy atom. The van der Waals surface area contributed by atoms with Gasteiger partial charge >= 0.3 is 6.18 Å². The number of fused-ring (bicyclic) bond motifs is 1. The van der Waals surface area contributed by atoms with E-state index in [-0.39, 0.29) is 5.56 Å². The van der Waals surface area contributed by atoms with Gasteiger partial charge in [-0.2, -0.15) is 23.5 Å². The number of rotatable bonds is 6. The van der Waals surface area contributed by atoms with E-state index in [1.807, 2.05) is 24.5 Å². The monoisotopic (exact) mass is 529 g/mol. The SMILES string of the molecule is Cc1cc(/C=N/NC(=O)Cc2ccc(C(F)(F)F)cc2[N+](=O)[O-])c(C)n1-c1sc2c(c1C#N)CCCC2. The predicted molar refractivity (Wildman–Crippen MR) is 132 cm³/mol. The number of hydrogen-bond donors (Lipinski definition) is 1. The van der Waals surface area contributed by atoms with Gasteiger partial charge in [-0.05, 0) is 57.2 Å². The summed E-state index contributed by atoms with van der Waals surface area (Å²) in [6, 6.07) is 6.26. The minimum atomic E-state index is -4.74. The molecule has 2 heterocycles. The van der Waals surface area contributed by atoms with Crippen LogP contribution in [0.15, 0.2) is 29.4 Å². The van der Waals surface area contributed by atoms with Gasteiger partial charge in [-0.25, -0.2) is 5.43 Å². The summed E-state index contributed by atoms with van der Waals surface area (Å²) >= 11 is 1.62. The summed E-state index contributed by atoms with van der Waals surface area (Å²) in [5, 5.41) is 25.9. The number of nitro groups is 1. The quantitative estimate of drug-likeness (QED) is 0.257. The normalized spacial score (nSPS) is 13.4. The fourth-order valence-electron chi connectivity index (χ4n) is 4.50. The van der Waals surface area contributed by atoms with Crippen molar-refractivity contribution in [1.29, 1.82) is 5.26 Å². The lowest BCUT2D eigenvalue weighted by molar-refractivity contribution is -0.385. The van der Waals surface area contributed by atoms with Crippen molar-refractivity contribution in [2.45, 2.75) is 52.1 Å². The Kier molecular flexibility index (Phi) is 7.18. The fraction of sp³-hybridized carbons (Fsp3) is 0.320. The van der Waals surface area contributed by atoms with E-state index in [1.165, 1.54) is 11.1 Å². The maximum Gasteiger partial charge on any atom is 0.416 e. The molecule has 0 radical (unpaired) electrons. The molecule has 0 atom stereocenters. The maximum atomic E-state index is 12.9. The molecular weight excluding hydrogens is 507 g/mol. The van der Waals surface area contributed by atoms with E-state index >= 15 is 0 Å². The molecule has 1 N–H and O–H groups in total. The van der Waals surface area contributed by atoms with Crippen LogP contribution in [0, 0.1) is 35.3 Å². The number of halogens is 3. The highest BCUT2D eigenvalue weighted by molar-refractivity contribution is 7.15. The van der Waals surface area contributed by atoms with Crippen LogP contribution in [0.1, 0.15) is 56.9 Å². The lowest BCUT2D eigenvalue weighted by atomic mass is 9.96. The molecule has 1 aliphatic rings. The smallest absolute Gasteiger partial charge is 0.308 e. The average Bonchev–Trinajstić information content (AvgIpc) is 3.33. The molecule has 192 valence electrons. The number of carbonyl (C=O) groups is 1. The number of hydrazone groups is 1. The van der Waals surface area contributed by atoms with Crippen LogP contribution in [0.25, 0.3) is 5.00 Å². The number of amides is 1. The molecule has 4 rings (SSSR count). The lowest BCUT2D eigenvalue weighted by Crippen LogP contribution is -2.20. The van der Waals surface area contributed by atoms with Crippen LogP contribution < -0.4 is 5.43 Å². The molecule has 0 spiro atoms. The van der Waals surface area contributed by atoms with E-state index in [9.17, 15) is 33.3 Å². The van der Waals surface area contributed by atoms with Gasteiger partial charge in [0, 0.05) is 33.5 Å². The molecule has 37 heavy (non-hydrogen) atoms. The number of thiophene rings is 1. The van der Waals surface area contributed by atoms with Crippen LogP contribution in [0.3, 0.4) is 0 Å². The van der Waals surface area contributed by atoms with E-state index < -0.39 is 34.7 Å². The second-order valence-electron chi connectivity index (χ2n) is 8.73. The largest absolute Gasteiger partial charge is 0.416 e. The molecule has 1 aromatic carbocycles. The number of nitrogens with one attached hydrogen (secondary N) is 1. The maximum absolute atomic E-state index is 12.9. The van der Waals surface area contributed by atoms with Crippen LogP contribution >= 0.6 is 11.3 Å². The molecule has 2 aromatic heterocycles. The van der Waals surface area contributed by atoms with E-state index in [1.54, 1.807) is 11.3 Å². The van der Waals surface area contributed by atoms with Gasteiger partial charge in [0.25, 0.3) is 5.69 Å².